The Labute approximate surface area is 117 Å². The quantitative estimate of drug-likeness (QED) is 0.842. The molecule has 0 aromatic heterocycles. The Kier molecular flexibility index (Phi) is 5.37. The molecule has 6 heteroatoms. The molecule has 98 valence electrons. The predicted octanol–water partition coefficient (Wildman–Crippen LogP) is 2.10. The summed E-state index contributed by atoms with van der Waals surface area (Å²) in [7, 11) is 3.19. The minimum Gasteiger partial charge on any atom is -0.496 e. The van der Waals surface area contributed by atoms with Crippen LogP contribution in [0.2, 0.25) is 5.02 Å². The summed E-state index contributed by atoms with van der Waals surface area (Å²) in [6, 6.07) is 4.90. The molecule has 0 saturated heterocycles. The number of thiocarbonyl (C=S) groups is 1. The van der Waals surface area contributed by atoms with Gasteiger partial charge in [0.25, 0.3) is 5.91 Å². The molecule has 0 radical (unpaired) electrons. The molecular weight excluding hydrogens is 272 g/mol. The van der Waals surface area contributed by atoms with Crippen LogP contribution in [0.3, 0.4) is 0 Å². The van der Waals surface area contributed by atoms with Gasteiger partial charge in [-0.2, -0.15) is 0 Å². The molecule has 0 heterocycles. The van der Waals surface area contributed by atoms with Crippen LogP contribution >= 0.6 is 23.8 Å². The predicted molar refractivity (Wildman–Crippen MR) is 76.4 cm³/mol. The number of amides is 1. The summed E-state index contributed by atoms with van der Waals surface area (Å²) in [4.78, 5) is 14.1. The van der Waals surface area contributed by atoms with E-state index in [-0.39, 0.29) is 5.91 Å². The fraction of sp³-hybridized carbons (Fsp3) is 0.333. The molecule has 0 atom stereocenters. The van der Waals surface area contributed by atoms with Crippen molar-refractivity contribution in [3.05, 3.63) is 28.8 Å². The molecule has 0 aliphatic heterocycles. The van der Waals surface area contributed by atoms with Crippen molar-refractivity contribution >= 4 is 34.7 Å². The molecule has 1 amide bonds. The average molecular weight is 287 g/mol. The van der Waals surface area contributed by atoms with E-state index in [2.05, 4.69) is 0 Å². The molecule has 0 aliphatic rings. The van der Waals surface area contributed by atoms with Gasteiger partial charge in [-0.05, 0) is 18.2 Å². The first kappa shape index (κ1) is 14.7. The fourth-order valence-electron chi connectivity index (χ4n) is 1.43. The highest BCUT2D eigenvalue weighted by atomic mass is 35.5. The number of hydrogen-bond donors (Lipinski definition) is 1. The Bertz CT molecular complexity index is 465. The van der Waals surface area contributed by atoms with E-state index < -0.39 is 0 Å². The van der Waals surface area contributed by atoms with Crippen LogP contribution in [-0.2, 0) is 0 Å². The number of carbonyl (C=O) groups excluding carboxylic acids is 1. The summed E-state index contributed by atoms with van der Waals surface area (Å²) in [5, 5.41) is 0.522. The van der Waals surface area contributed by atoms with Gasteiger partial charge >= 0.3 is 0 Å². The van der Waals surface area contributed by atoms with Crippen molar-refractivity contribution in [2.24, 2.45) is 5.73 Å². The molecule has 0 bridgehead atoms. The van der Waals surface area contributed by atoms with Gasteiger partial charge in [-0.25, -0.2) is 0 Å². The van der Waals surface area contributed by atoms with Crippen LogP contribution in [0.4, 0.5) is 0 Å². The highest BCUT2D eigenvalue weighted by molar-refractivity contribution is 7.80. The van der Waals surface area contributed by atoms with E-state index in [1.807, 2.05) is 0 Å². The molecule has 0 aliphatic carbocycles. The second-order valence-electron chi connectivity index (χ2n) is 3.79. The zero-order valence-corrected chi connectivity index (χ0v) is 11.8. The van der Waals surface area contributed by atoms with Crippen molar-refractivity contribution in [1.29, 1.82) is 0 Å². The van der Waals surface area contributed by atoms with Gasteiger partial charge in [0, 0.05) is 25.0 Å². The van der Waals surface area contributed by atoms with E-state index in [0.29, 0.717) is 34.3 Å². The van der Waals surface area contributed by atoms with E-state index >= 15 is 0 Å². The van der Waals surface area contributed by atoms with Crippen molar-refractivity contribution in [3.8, 4) is 5.75 Å². The van der Waals surface area contributed by atoms with Crippen LogP contribution in [0.1, 0.15) is 16.8 Å². The summed E-state index contributed by atoms with van der Waals surface area (Å²) >= 11 is 10.6. The molecule has 0 unspecified atom stereocenters. The molecule has 4 nitrogen and oxygen atoms in total. The smallest absolute Gasteiger partial charge is 0.257 e. The molecular formula is C12H15ClN2O2S. The number of nitrogens with two attached hydrogens (primary N) is 1. The summed E-state index contributed by atoms with van der Waals surface area (Å²) in [5.41, 5.74) is 5.87. The lowest BCUT2D eigenvalue weighted by molar-refractivity contribution is 0.0795. The second-order valence-corrected chi connectivity index (χ2v) is 4.75. The minimum absolute atomic E-state index is 0.153. The van der Waals surface area contributed by atoms with Crippen molar-refractivity contribution in [2.75, 3.05) is 20.7 Å². The first-order valence-electron chi connectivity index (χ1n) is 5.33. The van der Waals surface area contributed by atoms with Crippen LogP contribution in [0.5, 0.6) is 5.75 Å². The Morgan fingerprint density at radius 3 is 2.78 bits per heavy atom. The maximum atomic E-state index is 12.2. The number of halogens is 1. The average Bonchev–Trinajstić information content (AvgIpc) is 2.34. The first-order valence-corrected chi connectivity index (χ1v) is 6.11. The summed E-state index contributed by atoms with van der Waals surface area (Å²) < 4.78 is 5.14. The van der Waals surface area contributed by atoms with Gasteiger partial charge in [0.15, 0.2) is 0 Å². The van der Waals surface area contributed by atoms with Gasteiger partial charge in [0.2, 0.25) is 0 Å². The highest BCUT2D eigenvalue weighted by Crippen LogP contribution is 2.24. The summed E-state index contributed by atoms with van der Waals surface area (Å²) in [6.45, 7) is 0.472. The maximum Gasteiger partial charge on any atom is 0.257 e. The number of rotatable bonds is 5. The lowest BCUT2D eigenvalue weighted by atomic mass is 10.1. The zero-order chi connectivity index (χ0) is 13.7. The number of hydrogen-bond acceptors (Lipinski definition) is 3. The molecule has 1 aromatic rings. The van der Waals surface area contributed by atoms with Gasteiger partial charge in [0.1, 0.15) is 5.75 Å². The van der Waals surface area contributed by atoms with E-state index in [4.69, 9.17) is 34.3 Å². The van der Waals surface area contributed by atoms with Crippen LogP contribution < -0.4 is 10.5 Å². The number of ether oxygens (including phenoxy) is 1. The van der Waals surface area contributed by atoms with Crippen molar-refractivity contribution in [3.63, 3.8) is 0 Å². The Morgan fingerprint density at radius 2 is 2.22 bits per heavy atom. The summed E-state index contributed by atoms with van der Waals surface area (Å²) in [6.07, 6.45) is 0.494. The van der Waals surface area contributed by atoms with Crippen LogP contribution in [-0.4, -0.2) is 36.5 Å². The van der Waals surface area contributed by atoms with Gasteiger partial charge in [0.05, 0.1) is 17.7 Å². The van der Waals surface area contributed by atoms with E-state index in [1.54, 1.807) is 30.1 Å². The second kappa shape index (κ2) is 6.56. The third-order valence-corrected chi connectivity index (χ3v) is 2.87. The first-order chi connectivity index (χ1) is 8.45. The van der Waals surface area contributed by atoms with Gasteiger partial charge in [-0.3, -0.25) is 4.79 Å². The van der Waals surface area contributed by atoms with Crippen LogP contribution in [0.25, 0.3) is 0 Å². The highest BCUT2D eigenvalue weighted by Gasteiger charge is 2.16. The minimum atomic E-state index is -0.153. The van der Waals surface area contributed by atoms with Gasteiger partial charge < -0.3 is 15.4 Å². The number of methoxy groups -OCH3 is 1. The largest absolute Gasteiger partial charge is 0.496 e. The van der Waals surface area contributed by atoms with Crippen molar-refractivity contribution in [1.82, 2.24) is 4.90 Å². The van der Waals surface area contributed by atoms with Crippen molar-refractivity contribution < 1.29 is 9.53 Å². The van der Waals surface area contributed by atoms with E-state index in [0.717, 1.165) is 0 Å². The Hall–Kier alpha value is -1.33. The SMILES string of the molecule is COc1cc(Cl)ccc1C(=O)N(C)CCC(N)=S. The Balaban J connectivity index is 2.86. The van der Waals surface area contributed by atoms with E-state index in [9.17, 15) is 4.79 Å². The zero-order valence-electron chi connectivity index (χ0n) is 10.3. The lowest BCUT2D eigenvalue weighted by Gasteiger charge is -2.18. The van der Waals surface area contributed by atoms with Crippen molar-refractivity contribution in [2.45, 2.75) is 6.42 Å². The normalized spacial score (nSPS) is 9.94. The summed E-state index contributed by atoms with van der Waals surface area (Å²) in [5.74, 6) is 0.300. The molecule has 1 aromatic carbocycles. The molecule has 2 N–H and O–H groups in total. The van der Waals surface area contributed by atoms with Crippen LogP contribution in [0, 0.1) is 0 Å². The number of carbonyl (C=O) groups is 1. The van der Waals surface area contributed by atoms with Crippen LogP contribution in [0.15, 0.2) is 18.2 Å². The molecule has 0 saturated carbocycles. The standard InChI is InChI=1S/C12H15ClN2O2S/c1-15(6-5-11(14)18)12(16)9-4-3-8(13)7-10(9)17-2/h3-4,7H,5-6H2,1-2H3,(H2,14,18). The third-order valence-electron chi connectivity index (χ3n) is 2.43. The van der Waals surface area contributed by atoms with E-state index in [1.165, 1.54) is 7.11 Å². The number of nitrogens with zero attached hydrogens (tertiary/aromatic N) is 1. The fourth-order valence-corrected chi connectivity index (χ4v) is 1.68. The lowest BCUT2D eigenvalue weighted by Crippen LogP contribution is -2.30. The monoisotopic (exact) mass is 286 g/mol. The molecule has 0 fully saturated rings. The Morgan fingerprint density at radius 1 is 1.56 bits per heavy atom. The topological polar surface area (TPSA) is 55.6 Å². The number of benzene rings is 1. The molecule has 18 heavy (non-hydrogen) atoms. The maximum absolute atomic E-state index is 12.2. The molecule has 0 spiro atoms. The third kappa shape index (κ3) is 3.85. The van der Waals surface area contributed by atoms with Gasteiger partial charge in [-0.1, -0.05) is 23.8 Å². The molecule has 1 rings (SSSR count). The van der Waals surface area contributed by atoms with Gasteiger partial charge in [-0.15, -0.1) is 0 Å².